The monoisotopic (exact) mass is 631 g/mol. The first-order valence-electron chi connectivity index (χ1n) is 13.5. The fraction of sp³-hybridized carbons (Fsp3) is 0.300. The van der Waals surface area contributed by atoms with Crippen molar-refractivity contribution in [3.8, 4) is 5.69 Å². The molecule has 2 aromatic carbocycles. The third-order valence-corrected chi connectivity index (χ3v) is 8.72. The van der Waals surface area contributed by atoms with Crippen LogP contribution in [0, 0.1) is 5.82 Å². The second-order valence-corrected chi connectivity index (χ2v) is 12.4. The van der Waals surface area contributed by atoms with Crippen LogP contribution in [0.4, 0.5) is 17.6 Å². The molecule has 0 aliphatic carbocycles. The van der Waals surface area contributed by atoms with Gasteiger partial charge in [-0.15, -0.1) is 0 Å². The molecular weight excluding hydrogens is 602 g/mol. The average Bonchev–Trinajstić information content (AvgIpc) is 2.97. The van der Waals surface area contributed by atoms with Gasteiger partial charge in [-0.3, -0.25) is 19.1 Å². The lowest BCUT2D eigenvalue weighted by Gasteiger charge is -2.30. The number of aromatic nitrogens is 3. The van der Waals surface area contributed by atoms with Crippen LogP contribution in [0.2, 0.25) is 0 Å². The minimum atomic E-state index is -4.91. The number of fused-ring (bicyclic) bond motifs is 1. The van der Waals surface area contributed by atoms with Crippen LogP contribution in [0.5, 0.6) is 0 Å². The van der Waals surface area contributed by atoms with Crippen LogP contribution >= 0.6 is 0 Å². The Morgan fingerprint density at radius 3 is 2.45 bits per heavy atom. The molecule has 14 heteroatoms. The second-order valence-electron chi connectivity index (χ2n) is 9.95. The Balaban J connectivity index is 1.82. The molecule has 2 aromatic heterocycles. The standard InChI is InChI=1S/C30H29F4N5O4S/c1-4-44(42,43)15-14-38(26(40)17-21-9-12-24(25(31)16-21)30(32,33)34)19(2)28-37-27-23(6-5-13-36-27)29(41)39(28)22-10-7-20(8-11-22)18-35-3/h5-13,16,18-19H,4,14-15,17H2,1-3H3/t19-/m1/s1. The zero-order chi connectivity index (χ0) is 32.2. The van der Waals surface area contributed by atoms with Gasteiger partial charge in [-0.2, -0.15) is 13.2 Å². The Hall–Kier alpha value is -4.46. The van der Waals surface area contributed by atoms with E-state index < -0.39 is 57.1 Å². The van der Waals surface area contributed by atoms with E-state index in [4.69, 9.17) is 0 Å². The van der Waals surface area contributed by atoms with Crippen molar-refractivity contribution in [3.05, 3.63) is 99.5 Å². The second kappa shape index (κ2) is 13.0. The summed E-state index contributed by atoms with van der Waals surface area (Å²) in [6.07, 6.45) is -2.38. The van der Waals surface area contributed by atoms with Gasteiger partial charge in [0.2, 0.25) is 5.91 Å². The van der Waals surface area contributed by atoms with Crippen molar-refractivity contribution >= 4 is 33.0 Å². The van der Waals surface area contributed by atoms with Crippen molar-refractivity contribution in [1.82, 2.24) is 19.4 Å². The minimum absolute atomic E-state index is 0.0465. The van der Waals surface area contributed by atoms with Gasteiger partial charge < -0.3 is 4.90 Å². The molecule has 1 atom stereocenters. The highest BCUT2D eigenvalue weighted by Gasteiger charge is 2.34. The summed E-state index contributed by atoms with van der Waals surface area (Å²) in [6.45, 7) is 2.69. The highest BCUT2D eigenvalue weighted by atomic mass is 32.2. The van der Waals surface area contributed by atoms with Crippen molar-refractivity contribution in [2.24, 2.45) is 4.99 Å². The number of sulfone groups is 1. The molecule has 0 aliphatic heterocycles. The van der Waals surface area contributed by atoms with Crippen LogP contribution in [0.15, 0.2) is 70.6 Å². The number of hydrogen-bond acceptors (Lipinski definition) is 7. The molecule has 0 saturated carbocycles. The number of rotatable bonds is 10. The largest absolute Gasteiger partial charge is 0.419 e. The number of hydrogen-bond donors (Lipinski definition) is 0. The van der Waals surface area contributed by atoms with Crippen LogP contribution in [-0.2, 0) is 27.2 Å². The molecule has 0 spiro atoms. The number of amides is 1. The van der Waals surface area contributed by atoms with Gasteiger partial charge in [0, 0.05) is 31.8 Å². The number of carbonyl (C=O) groups is 1. The number of alkyl halides is 3. The fourth-order valence-electron chi connectivity index (χ4n) is 4.65. The molecular formula is C30H29F4N5O4S. The number of pyridine rings is 1. The molecule has 4 rings (SSSR count). The molecule has 4 aromatic rings. The van der Waals surface area contributed by atoms with E-state index in [1.165, 1.54) is 22.6 Å². The van der Waals surface area contributed by atoms with Crippen molar-refractivity contribution in [3.63, 3.8) is 0 Å². The number of carbonyl (C=O) groups excluding carboxylic acids is 1. The van der Waals surface area contributed by atoms with Gasteiger partial charge in [-0.05, 0) is 54.4 Å². The lowest BCUT2D eigenvalue weighted by Crippen LogP contribution is -2.41. The average molecular weight is 632 g/mol. The first-order valence-corrected chi connectivity index (χ1v) is 15.3. The zero-order valence-electron chi connectivity index (χ0n) is 24.0. The predicted molar refractivity (Wildman–Crippen MR) is 158 cm³/mol. The normalized spacial score (nSPS) is 13.0. The predicted octanol–water partition coefficient (Wildman–Crippen LogP) is 4.55. The highest BCUT2D eigenvalue weighted by molar-refractivity contribution is 7.91. The van der Waals surface area contributed by atoms with Gasteiger partial charge in [-0.1, -0.05) is 25.1 Å². The third-order valence-electron chi connectivity index (χ3n) is 7.04. The summed E-state index contributed by atoms with van der Waals surface area (Å²) >= 11 is 0. The first kappa shape index (κ1) is 32.5. The third kappa shape index (κ3) is 7.18. The maximum absolute atomic E-state index is 14.3. The van der Waals surface area contributed by atoms with E-state index in [-0.39, 0.29) is 34.7 Å². The van der Waals surface area contributed by atoms with Gasteiger partial charge in [-0.25, -0.2) is 22.8 Å². The molecule has 0 fully saturated rings. The number of aliphatic imine (C=N–C) groups is 1. The molecule has 9 nitrogen and oxygen atoms in total. The van der Waals surface area contributed by atoms with Crippen molar-refractivity contribution in [1.29, 1.82) is 0 Å². The van der Waals surface area contributed by atoms with Gasteiger partial charge in [0.15, 0.2) is 15.5 Å². The van der Waals surface area contributed by atoms with E-state index >= 15 is 0 Å². The van der Waals surface area contributed by atoms with Crippen LogP contribution in [0.1, 0.15) is 42.4 Å². The lowest BCUT2D eigenvalue weighted by atomic mass is 10.1. The molecule has 0 radical (unpaired) electrons. The van der Waals surface area contributed by atoms with Crippen molar-refractivity contribution < 1.29 is 30.8 Å². The quantitative estimate of drug-likeness (QED) is 0.187. The van der Waals surface area contributed by atoms with Gasteiger partial charge in [0.25, 0.3) is 5.56 Å². The summed E-state index contributed by atoms with van der Waals surface area (Å²) in [6, 6.07) is 11.1. The minimum Gasteiger partial charge on any atom is -0.331 e. The van der Waals surface area contributed by atoms with E-state index in [2.05, 4.69) is 15.0 Å². The first-order chi connectivity index (χ1) is 20.8. The maximum atomic E-state index is 14.3. The molecule has 1 amide bonds. The van der Waals surface area contributed by atoms with E-state index in [1.54, 1.807) is 56.6 Å². The summed E-state index contributed by atoms with van der Waals surface area (Å²) in [5.74, 6) is -2.80. The van der Waals surface area contributed by atoms with Gasteiger partial charge in [0.1, 0.15) is 11.6 Å². The Kier molecular flexibility index (Phi) is 9.62. The van der Waals surface area contributed by atoms with Crippen molar-refractivity contribution in [2.75, 3.05) is 25.1 Å². The van der Waals surface area contributed by atoms with Crippen molar-refractivity contribution in [2.45, 2.75) is 32.5 Å². The number of halogens is 4. The van der Waals surface area contributed by atoms with E-state index in [1.807, 2.05) is 0 Å². The summed E-state index contributed by atoms with van der Waals surface area (Å²) < 4.78 is 79.7. The Bertz CT molecular complexity index is 1870. The van der Waals surface area contributed by atoms with E-state index in [0.717, 1.165) is 11.6 Å². The highest BCUT2D eigenvalue weighted by Crippen LogP contribution is 2.32. The van der Waals surface area contributed by atoms with E-state index in [9.17, 15) is 35.6 Å². The smallest absolute Gasteiger partial charge is 0.331 e. The Morgan fingerprint density at radius 2 is 1.84 bits per heavy atom. The van der Waals surface area contributed by atoms with Gasteiger partial charge >= 0.3 is 6.18 Å². The molecule has 2 heterocycles. The number of benzene rings is 2. The molecule has 44 heavy (non-hydrogen) atoms. The van der Waals surface area contributed by atoms with Gasteiger partial charge in [0.05, 0.1) is 34.9 Å². The molecule has 232 valence electrons. The summed E-state index contributed by atoms with van der Waals surface area (Å²) in [5, 5.41) is 0.203. The summed E-state index contributed by atoms with van der Waals surface area (Å²) in [5.41, 5.74) is -0.735. The van der Waals surface area contributed by atoms with Crippen LogP contribution < -0.4 is 5.56 Å². The van der Waals surface area contributed by atoms with Crippen LogP contribution in [0.25, 0.3) is 16.7 Å². The van der Waals surface area contributed by atoms with Crippen LogP contribution in [0.3, 0.4) is 0 Å². The lowest BCUT2D eigenvalue weighted by molar-refractivity contribution is -0.140. The maximum Gasteiger partial charge on any atom is 0.419 e. The molecule has 0 aliphatic rings. The topological polar surface area (TPSA) is 115 Å². The number of nitrogens with zero attached hydrogens (tertiary/aromatic N) is 5. The fourth-order valence-corrected chi connectivity index (χ4v) is 5.42. The molecule has 0 saturated heterocycles. The zero-order valence-corrected chi connectivity index (χ0v) is 24.9. The van der Waals surface area contributed by atoms with Crippen LogP contribution in [-0.4, -0.2) is 65.1 Å². The molecule has 0 unspecified atom stereocenters. The van der Waals surface area contributed by atoms with E-state index in [0.29, 0.717) is 17.8 Å². The molecule has 0 N–H and O–H groups in total. The Morgan fingerprint density at radius 1 is 1.14 bits per heavy atom. The summed E-state index contributed by atoms with van der Waals surface area (Å²) in [4.78, 5) is 41.4. The summed E-state index contributed by atoms with van der Waals surface area (Å²) in [7, 11) is -1.96. The Labute approximate surface area is 250 Å². The molecule has 0 bridgehead atoms. The SMILES string of the molecule is CCS(=O)(=O)CCN(C(=O)Cc1ccc(C(F)(F)F)c(F)c1)[C@H](C)c1nc2ncccc2c(=O)n1-c1ccc(C=NC)cc1.